The summed E-state index contributed by atoms with van der Waals surface area (Å²) < 4.78 is 1.55. The molecule has 7 nitrogen and oxygen atoms in total. The van der Waals surface area contributed by atoms with E-state index in [2.05, 4.69) is 15.6 Å². The number of hydrogen-bond donors (Lipinski definition) is 3. The van der Waals surface area contributed by atoms with Crippen molar-refractivity contribution in [3.8, 4) is 0 Å². The summed E-state index contributed by atoms with van der Waals surface area (Å²) in [5.41, 5.74) is 6.45. The van der Waals surface area contributed by atoms with Gasteiger partial charge in [-0.25, -0.2) is 0 Å². The molecule has 1 aromatic heterocycles. The second-order valence-corrected chi connectivity index (χ2v) is 3.52. The monoisotopic (exact) mass is 225 g/mol. The number of carbonyl (C=O) groups excluding carboxylic acids is 1. The van der Waals surface area contributed by atoms with Crippen LogP contribution in [0.25, 0.3) is 0 Å². The van der Waals surface area contributed by atoms with E-state index in [0.717, 1.165) is 0 Å². The highest BCUT2D eigenvalue weighted by atomic mass is 16.4. The largest absolute Gasteiger partial charge is 0.409 e. The third-order valence-electron chi connectivity index (χ3n) is 2.16. The van der Waals surface area contributed by atoms with Gasteiger partial charge in [-0.15, -0.1) is 0 Å². The van der Waals surface area contributed by atoms with Crippen LogP contribution in [0.4, 0.5) is 0 Å². The number of nitrogens with one attached hydrogen (secondary N) is 1. The van der Waals surface area contributed by atoms with E-state index < -0.39 is 6.04 Å². The average molecular weight is 225 g/mol. The van der Waals surface area contributed by atoms with Crippen LogP contribution in [0.1, 0.15) is 23.0 Å². The van der Waals surface area contributed by atoms with Gasteiger partial charge in [-0.3, -0.25) is 9.48 Å². The van der Waals surface area contributed by atoms with Crippen molar-refractivity contribution >= 4 is 11.7 Å². The maximum atomic E-state index is 11.8. The molecule has 16 heavy (non-hydrogen) atoms. The number of nitrogens with zero attached hydrogens (tertiary/aromatic N) is 3. The number of aryl methyl sites for hydroxylation is 2. The van der Waals surface area contributed by atoms with Crippen LogP contribution < -0.4 is 11.1 Å². The number of amides is 1. The lowest BCUT2D eigenvalue weighted by molar-refractivity contribution is 0.0948. The highest BCUT2D eigenvalue weighted by Gasteiger charge is 2.16. The van der Waals surface area contributed by atoms with E-state index >= 15 is 0 Å². The van der Waals surface area contributed by atoms with Crippen molar-refractivity contribution in [2.45, 2.75) is 19.9 Å². The highest BCUT2D eigenvalue weighted by Crippen LogP contribution is 2.04. The average Bonchev–Trinajstić information content (AvgIpc) is 2.56. The number of carbonyl (C=O) groups is 1. The molecule has 0 bridgehead atoms. The Morgan fingerprint density at radius 1 is 1.75 bits per heavy atom. The van der Waals surface area contributed by atoms with Crippen LogP contribution in [-0.2, 0) is 7.05 Å². The molecule has 4 N–H and O–H groups in total. The predicted octanol–water partition coefficient (Wildman–Crippen LogP) is -0.407. The first-order chi connectivity index (χ1) is 7.45. The van der Waals surface area contributed by atoms with Crippen LogP contribution in [0.5, 0.6) is 0 Å². The Kier molecular flexibility index (Phi) is 3.49. The van der Waals surface area contributed by atoms with E-state index in [4.69, 9.17) is 10.9 Å². The smallest absolute Gasteiger partial charge is 0.255 e. The molecule has 0 saturated carbocycles. The maximum Gasteiger partial charge on any atom is 0.255 e. The fraction of sp³-hybridized carbons (Fsp3) is 0.444. The summed E-state index contributed by atoms with van der Waals surface area (Å²) in [5, 5.41) is 17.9. The molecule has 0 aliphatic rings. The molecule has 0 radical (unpaired) electrons. The first kappa shape index (κ1) is 12.0. The van der Waals surface area contributed by atoms with E-state index in [9.17, 15) is 4.79 Å². The highest BCUT2D eigenvalue weighted by molar-refractivity contribution is 5.98. The quantitative estimate of drug-likeness (QED) is 0.281. The van der Waals surface area contributed by atoms with E-state index in [-0.39, 0.29) is 11.7 Å². The second-order valence-electron chi connectivity index (χ2n) is 3.52. The Bertz CT molecular complexity index is 424. The first-order valence-corrected chi connectivity index (χ1v) is 4.74. The minimum Gasteiger partial charge on any atom is -0.409 e. The van der Waals surface area contributed by atoms with Gasteiger partial charge in [0.05, 0.1) is 17.3 Å². The molecule has 0 spiro atoms. The molecular weight excluding hydrogens is 210 g/mol. The topological polar surface area (TPSA) is 106 Å². The Morgan fingerprint density at radius 3 is 2.81 bits per heavy atom. The van der Waals surface area contributed by atoms with Gasteiger partial charge in [0.25, 0.3) is 5.91 Å². The van der Waals surface area contributed by atoms with Gasteiger partial charge in [-0.1, -0.05) is 5.16 Å². The molecule has 0 aliphatic heterocycles. The molecule has 1 amide bonds. The zero-order chi connectivity index (χ0) is 12.3. The lowest BCUT2D eigenvalue weighted by Crippen LogP contribution is -2.42. The van der Waals surface area contributed by atoms with Gasteiger partial charge >= 0.3 is 0 Å². The molecular formula is C9H15N5O2. The van der Waals surface area contributed by atoms with Gasteiger partial charge in [0, 0.05) is 13.2 Å². The lowest BCUT2D eigenvalue weighted by Gasteiger charge is -2.11. The number of oxime groups is 1. The van der Waals surface area contributed by atoms with Crippen molar-refractivity contribution in [1.82, 2.24) is 15.1 Å². The van der Waals surface area contributed by atoms with Crippen LogP contribution >= 0.6 is 0 Å². The van der Waals surface area contributed by atoms with Crippen LogP contribution in [0.2, 0.25) is 0 Å². The molecule has 88 valence electrons. The maximum absolute atomic E-state index is 11.8. The molecule has 0 fully saturated rings. The van der Waals surface area contributed by atoms with Crippen LogP contribution in [0.3, 0.4) is 0 Å². The molecule has 1 atom stereocenters. The van der Waals surface area contributed by atoms with Crippen molar-refractivity contribution in [3.63, 3.8) is 0 Å². The Hall–Kier alpha value is -2.05. The number of nitrogens with two attached hydrogens (primary N) is 1. The molecule has 0 aliphatic carbocycles. The fourth-order valence-electron chi connectivity index (χ4n) is 1.26. The van der Waals surface area contributed by atoms with Gasteiger partial charge < -0.3 is 16.3 Å². The molecule has 1 unspecified atom stereocenters. The first-order valence-electron chi connectivity index (χ1n) is 4.74. The van der Waals surface area contributed by atoms with Gasteiger partial charge in [0.1, 0.15) is 0 Å². The van der Waals surface area contributed by atoms with Gasteiger partial charge in [0.15, 0.2) is 5.84 Å². The molecule has 1 aromatic rings. The third kappa shape index (κ3) is 2.50. The zero-order valence-corrected chi connectivity index (χ0v) is 9.43. The van der Waals surface area contributed by atoms with E-state index in [1.165, 1.54) is 0 Å². The molecule has 1 rings (SSSR count). The SMILES string of the molecule is Cc1nn(C)cc1C(=O)NC(C)C(N)=NO. The Balaban J connectivity index is 2.77. The number of aromatic nitrogens is 2. The van der Waals surface area contributed by atoms with Crippen molar-refractivity contribution in [2.24, 2.45) is 17.9 Å². The standard InChI is InChI=1S/C9H15N5O2/c1-5-7(4-14(3)12-5)9(15)11-6(2)8(10)13-16/h4,6,16H,1-3H3,(H2,10,13)(H,11,15). The molecule has 1 heterocycles. The van der Waals surface area contributed by atoms with E-state index in [1.807, 2.05) is 0 Å². The number of hydrogen-bond acceptors (Lipinski definition) is 4. The second kappa shape index (κ2) is 4.65. The number of amidine groups is 1. The van der Waals surface area contributed by atoms with Gasteiger partial charge in [0.2, 0.25) is 0 Å². The summed E-state index contributed by atoms with van der Waals surface area (Å²) >= 11 is 0. The van der Waals surface area contributed by atoms with Crippen molar-refractivity contribution in [2.75, 3.05) is 0 Å². The fourth-order valence-corrected chi connectivity index (χ4v) is 1.26. The third-order valence-corrected chi connectivity index (χ3v) is 2.16. The van der Waals surface area contributed by atoms with Crippen LogP contribution in [-0.4, -0.2) is 32.8 Å². The summed E-state index contributed by atoms with van der Waals surface area (Å²) in [7, 11) is 1.73. The zero-order valence-electron chi connectivity index (χ0n) is 9.43. The van der Waals surface area contributed by atoms with Crippen molar-refractivity contribution in [3.05, 3.63) is 17.5 Å². The summed E-state index contributed by atoms with van der Waals surface area (Å²) in [6.07, 6.45) is 1.61. The van der Waals surface area contributed by atoms with Crippen LogP contribution in [0, 0.1) is 6.92 Å². The summed E-state index contributed by atoms with van der Waals surface area (Å²) in [6, 6.07) is -0.530. The molecule has 0 saturated heterocycles. The minimum atomic E-state index is -0.530. The minimum absolute atomic E-state index is 0.0464. The predicted molar refractivity (Wildman–Crippen MR) is 58.3 cm³/mol. The summed E-state index contributed by atoms with van der Waals surface area (Å²) in [5.74, 6) is -0.348. The van der Waals surface area contributed by atoms with Crippen molar-refractivity contribution < 1.29 is 10.0 Å². The Morgan fingerprint density at radius 2 is 2.38 bits per heavy atom. The van der Waals surface area contributed by atoms with Crippen LogP contribution in [0.15, 0.2) is 11.4 Å². The number of rotatable bonds is 3. The van der Waals surface area contributed by atoms with Gasteiger partial charge in [-0.2, -0.15) is 5.10 Å². The summed E-state index contributed by atoms with van der Waals surface area (Å²) in [4.78, 5) is 11.8. The van der Waals surface area contributed by atoms with Gasteiger partial charge in [-0.05, 0) is 13.8 Å². The summed E-state index contributed by atoms with van der Waals surface area (Å²) in [6.45, 7) is 3.36. The van der Waals surface area contributed by atoms with E-state index in [1.54, 1.807) is 31.8 Å². The lowest BCUT2D eigenvalue weighted by atomic mass is 10.2. The van der Waals surface area contributed by atoms with Crippen molar-refractivity contribution in [1.29, 1.82) is 0 Å². The Labute approximate surface area is 92.9 Å². The normalized spacial score (nSPS) is 13.6. The van der Waals surface area contributed by atoms with E-state index in [0.29, 0.717) is 11.3 Å². The molecule has 7 heteroatoms. The molecule has 0 aromatic carbocycles.